The number of nitrogens with two attached hydrogens (primary N) is 1. The van der Waals surface area contributed by atoms with Crippen LogP contribution in [0.15, 0.2) is 24.3 Å². The minimum Gasteiger partial charge on any atom is -0.399 e. The number of amides is 1. The third kappa shape index (κ3) is 2.17. The Kier molecular flexibility index (Phi) is 2.55. The molecule has 1 aromatic carbocycles. The van der Waals surface area contributed by atoms with E-state index in [1.54, 1.807) is 31.2 Å². The molecule has 6 nitrogen and oxygen atoms in total. The summed E-state index contributed by atoms with van der Waals surface area (Å²) in [6, 6.07) is 6.84. The number of nitrogens with one attached hydrogen (secondary N) is 2. The van der Waals surface area contributed by atoms with Crippen molar-refractivity contribution in [3.05, 3.63) is 35.9 Å². The van der Waals surface area contributed by atoms with Crippen molar-refractivity contribution in [3.8, 4) is 0 Å². The van der Waals surface area contributed by atoms with E-state index in [1.807, 2.05) is 0 Å². The molecule has 0 saturated heterocycles. The van der Waals surface area contributed by atoms with Gasteiger partial charge >= 0.3 is 0 Å². The fraction of sp³-hybridized carbons (Fsp3) is 0.100. The van der Waals surface area contributed by atoms with Crippen LogP contribution in [0.2, 0.25) is 0 Å². The fourth-order valence-electron chi connectivity index (χ4n) is 1.20. The summed E-state index contributed by atoms with van der Waals surface area (Å²) in [5, 5.41) is 9.02. The van der Waals surface area contributed by atoms with Gasteiger partial charge in [0.2, 0.25) is 5.82 Å². The standard InChI is InChI=1S/C10H11N5O/c1-6-12-9(15-14-6)10(16)13-8-4-2-7(11)3-5-8/h2-5H,11H2,1H3,(H,13,16)(H,12,14,15). The number of hydrogen-bond acceptors (Lipinski definition) is 4. The minimum absolute atomic E-state index is 0.120. The molecule has 0 fully saturated rings. The Balaban J connectivity index is 2.10. The largest absolute Gasteiger partial charge is 0.399 e. The van der Waals surface area contributed by atoms with E-state index < -0.39 is 0 Å². The van der Waals surface area contributed by atoms with Crippen molar-refractivity contribution in [3.63, 3.8) is 0 Å². The highest BCUT2D eigenvalue weighted by atomic mass is 16.2. The number of benzene rings is 1. The minimum atomic E-state index is -0.353. The molecule has 82 valence electrons. The van der Waals surface area contributed by atoms with Gasteiger partial charge in [-0.05, 0) is 31.2 Å². The van der Waals surface area contributed by atoms with E-state index in [-0.39, 0.29) is 11.7 Å². The van der Waals surface area contributed by atoms with Gasteiger partial charge in [-0.1, -0.05) is 0 Å². The molecule has 0 saturated carbocycles. The van der Waals surface area contributed by atoms with Gasteiger partial charge in [0.1, 0.15) is 5.82 Å². The monoisotopic (exact) mass is 217 g/mol. The van der Waals surface area contributed by atoms with Crippen LogP contribution in [0.4, 0.5) is 11.4 Å². The topological polar surface area (TPSA) is 96.7 Å². The molecule has 16 heavy (non-hydrogen) atoms. The van der Waals surface area contributed by atoms with Crippen molar-refractivity contribution in [1.29, 1.82) is 0 Å². The number of aromatic nitrogens is 3. The Morgan fingerprint density at radius 1 is 1.38 bits per heavy atom. The third-order valence-corrected chi connectivity index (χ3v) is 1.97. The maximum Gasteiger partial charge on any atom is 0.295 e. The van der Waals surface area contributed by atoms with E-state index in [1.165, 1.54) is 0 Å². The maximum atomic E-state index is 11.6. The average Bonchev–Trinajstić information content (AvgIpc) is 2.68. The zero-order chi connectivity index (χ0) is 11.5. The van der Waals surface area contributed by atoms with Crippen LogP contribution < -0.4 is 11.1 Å². The van der Waals surface area contributed by atoms with Crippen LogP contribution in [0.1, 0.15) is 16.4 Å². The first-order valence-corrected chi connectivity index (χ1v) is 4.71. The molecule has 4 N–H and O–H groups in total. The molecule has 0 unspecified atom stereocenters. The zero-order valence-corrected chi connectivity index (χ0v) is 8.69. The van der Waals surface area contributed by atoms with Gasteiger partial charge in [-0.25, -0.2) is 4.98 Å². The number of H-pyrrole nitrogens is 1. The lowest BCUT2D eigenvalue weighted by Crippen LogP contribution is -2.13. The summed E-state index contributed by atoms with van der Waals surface area (Å²) in [6.45, 7) is 1.73. The Labute approximate surface area is 91.9 Å². The van der Waals surface area contributed by atoms with Gasteiger partial charge in [-0.3, -0.25) is 9.89 Å². The normalized spacial score (nSPS) is 10.1. The molecule has 1 aromatic heterocycles. The third-order valence-electron chi connectivity index (χ3n) is 1.97. The van der Waals surface area contributed by atoms with Crippen molar-refractivity contribution in [2.24, 2.45) is 0 Å². The number of anilines is 2. The van der Waals surface area contributed by atoms with Crippen LogP contribution in [0.3, 0.4) is 0 Å². The molecule has 0 bridgehead atoms. The number of hydrogen-bond donors (Lipinski definition) is 3. The molecule has 6 heteroatoms. The van der Waals surface area contributed by atoms with Gasteiger partial charge in [0.15, 0.2) is 0 Å². The van der Waals surface area contributed by atoms with Crippen molar-refractivity contribution >= 4 is 17.3 Å². The molecule has 1 heterocycles. The summed E-state index contributed by atoms with van der Waals surface area (Å²) >= 11 is 0. The molecule has 2 aromatic rings. The van der Waals surface area contributed by atoms with E-state index in [4.69, 9.17) is 5.73 Å². The molecule has 0 aliphatic rings. The Hall–Kier alpha value is -2.37. The molecule has 0 aliphatic carbocycles. The van der Waals surface area contributed by atoms with Gasteiger partial charge in [0, 0.05) is 11.4 Å². The first-order valence-electron chi connectivity index (χ1n) is 4.71. The fourth-order valence-corrected chi connectivity index (χ4v) is 1.20. The van der Waals surface area contributed by atoms with E-state index in [0.29, 0.717) is 17.2 Å². The SMILES string of the molecule is Cc1nc(C(=O)Nc2ccc(N)cc2)n[nH]1. The number of nitrogens with zero attached hydrogens (tertiary/aromatic N) is 2. The van der Waals surface area contributed by atoms with E-state index in [9.17, 15) is 4.79 Å². The summed E-state index contributed by atoms with van der Waals surface area (Å²) in [5.41, 5.74) is 6.83. The summed E-state index contributed by atoms with van der Waals surface area (Å²) in [4.78, 5) is 15.5. The summed E-state index contributed by atoms with van der Waals surface area (Å²) in [6.07, 6.45) is 0. The van der Waals surface area contributed by atoms with Crippen LogP contribution in [0.25, 0.3) is 0 Å². The second-order valence-electron chi connectivity index (χ2n) is 3.32. The van der Waals surface area contributed by atoms with E-state index in [0.717, 1.165) is 0 Å². The Morgan fingerprint density at radius 2 is 2.06 bits per heavy atom. The van der Waals surface area contributed by atoms with Crippen molar-refractivity contribution in [2.75, 3.05) is 11.1 Å². The molecular weight excluding hydrogens is 206 g/mol. The number of aryl methyl sites for hydroxylation is 1. The number of carbonyl (C=O) groups is 1. The highest BCUT2D eigenvalue weighted by Crippen LogP contribution is 2.11. The molecule has 0 radical (unpaired) electrons. The Bertz CT molecular complexity index is 502. The lowest BCUT2D eigenvalue weighted by atomic mass is 10.3. The maximum absolute atomic E-state index is 11.6. The van der Waals surface area contributed by atoms with Gasteiger partial charge in [-0.2, -0.15) is 0 Å². The highest BCUT2D eigenvalue weighted by Gasteiger charge is 2.10. The lowest BCUT2D eigenvalue weighted by Gasteiger charge is -2.02. The zero-order valence-electron chi connectivity index (χ0n) is 8.69. The summed E-state index contributed by atoms with van der Waals surface area (Å²) in [5.74, 6) is 0.367. The molecule has 1 amide bonds. The Morgan fingerprint density at radius 3 is 2.62 bits per heavy atom. The molecule has 0 spiro atoms. The van der Waals surface area contributed by atoms with Crippen LogP contribution in [0.5, 0.6) is 0 Å². The quantitative estimate of drug-likeness (QED) is 0.652. The average molecular weight is 217 g/mol. The van der Waals surface area contributed by atoms with Gasteiger partial charge in [-0.15, -0.1) is 5.10 Å². The van der Waals surface area contributed by atoms with Gasteiger partial charge < -0.3 is 11.1 Å². The number of carbonyl (C=O) groups excluding carboxylic acids is 1. The van der Waals surface area contributed by atoms with Crippen molar-refractivity contribution in [2.45, 2.75) is 6.92 Å². The van der Waals surface area contributed by atoms with Crippen LogP contribution in [-0.4, -0.2) is 21.1 Å². The van der Waals surface area contributed by atoms with Crippen LogP contribution >= 0.6 is 0 Å². The summed E-state index contributed by atoms with van der Waals surface area (Å²) < 4.78 is 0. The number of nitrogen functional groups attached to an aromatic ring is 1. The number of rotatable bonds is 2. The van der Waals surface area contributed by atoms with Gasteiger partial charge in [0.25, 0.3) is 5.91 Å². The molecule has 0 aliphatic heterocycles. The first kappa shape index (κ1) is 10.2. The predicted octanol–water partition coefficient (Wildman–Crippen LogP) is 0.948. The molecule has 2 rings (SSSR count). The van der Waals surface area contributed by atoms with Crippen LogP contribution in [0, 0.1) is 6.92 Å². The second kappa shape index (κ2) is 4.01. The van der Waals surface area contributed by atoms with Gasteiger partial charge in [0.05, 0.1) is 0 Å². The summed E-state index contributed by atoms with van der Waals surface area (Å²) in [7, 11) is 0. The van der Waals surface area contributed by atoms with Crippen molar-refractivity contribution in [1.82, 2.24) is 15.2 Å². The highest BCUT2D eigenvalue weighted by molar-refractivity contribution is 6.01. The molecule has 0 atom stereocenters. The first-order chi connectivity index (χ1) is 7.65. The molecular formula is C10H11N5O. The smallest absolute Gasteiger partial charge is 0.295 e. The predicted molar refractivity (Wildman–Crippen MR) is 59.9 cm³/mol. The van der Waals surface area contributed by atoms with Crippen LogP contribution in [-0.2, 0) is 0 Å². The van der Waals surface area contributed by atoms with E-state index in [2.05, 4.69) is 20.5 Å². The van der Waals surface area contributed by atoms with Crippen molar-refractivity contribution < 1.29 is 4.79 Å². The van der Waals surface area contributed by atoms with E-state index >= 15 is 0 Å². The second-order valence-corrected chi connectivity index (χ2v) is 3.32. The lowest BCUT2D eigenvalue weighted by molar-refractivity contribution is 0.101. The number of aromatic amines is 1.